The van der Waals surface area contributed by atoms with Crippen molar-refractivity contribution in [2.24, 2.45) is 16.5 Å². The van der Waals surface area contributed by atoms with Gasteiger partial charge in [0.25, 0.3) is 5.91 Å². The van der Waals surface area contributed by atoms with Crippen molar-refractivity contribution in [1.82, 2.24) is 4.90 Å². The zero-order valence-corrected chi connectivity index (χ0v) is 17.0. The van der Waals surface area contributed by atoms with Crippen LogP contribution < -0.4 is 16.2 Å². The van der Waals surface area contributed by atoms with E-state index < -0.39 is 17.8 Å². The number of guanidine groups is 1. The summed E-state index contributed by atoms with van der Waals surface area (Å²) in [5.74, 6) is 0.458. The molecule has 3 atom stereocenters. The SMILES string of the molecule is COc1c(Br)cc(C=C2O[C@@H]3[C@H](Cl)C[C@H](N=C(N)N)N3C2=O)cc1Br. The Morgan fingerprint density at radius 1 is 1.44 bits per heavy atom. The number of rotatable bonds is 3. The molecular formula is C15H15Br2ClN4O3. The van der Waals surface area contributed by atoms with Gasteiger partial charge in [0.1, 0.15) is 11.9 Å². The first-order chi connectivity index (χ1) is 11.8. The summed E-state index contributed by atoms with van der Waals surface area (Å²) in [6, 6.07) is 3.64. The van der Waals surface area contributed by atoms with Crippen LogP contribution in [-0.4, -0.2) is 41.6 Å². The molecule has 2 aliphatic heterocycles. The number of carbonyl (C=O) groups excluding carboxylic acids is 1. The van der Waals surface area contributed by atoms with Crippen LogP contribution in [0.1, 0.15) is 12.0 Å². The number of nitrogens with two attached hydrogens (primary N) is 2. The zero-order chi connectivity index (χ0) is 18.3. The smallest absolute Gasteiger partial charge is 0.293 e. The Morgan fingerprint density at radius 3 is 2.64 bits per heavy atom. The molecule has 2 saturated heterocycles. The summed E-state index contributed by atoms with van der Waals surface area (Å²) in [6.07, 6.45) is 0.970. The van der Waals surface area contributed by atoms with Gasteiger partial charge in [-0.05, 0) is 55.6 Å². The van der Waals surface area contributed by atoms with Crippen LogP contribution in [0.3, 0.4) is 0 Å². The third-order valence-electron chi connectivity index (χ3n) is 3.85. The van der Waals surface area contributed by atoms with Crippen LogP contribution >= 0.6 is 43.5 Å². The van der Waals surface area contributed by atoms with Gasteiger partial charge in [0.15, 0.2) is 17.9 Å². The Labute approximate surface area is 166 Å². The van der Waals surface area contributed by atoms with E-state index in [0.717, 1.165) is 14.5 Å². The van der Waals surface area contributed by atoms with Crippen LogP contribution in [-0.2, 0) is 9.53 Å². The number of benzene rings is 1. The fourth-order valence-corrected chi connectivity index (χ4v) is 4.73. The molecule has 1 aromatic carbocycles. The standard InChI is InChI=1S/C15H15Br2ClN4O3/c1-24-12-7(16)2-6(3-8(12)17)4-10-13(23)22-11(21-15(19)20)5-9(18)14(22)25-10/h2-4,9,11,14H,5H2,1H3,(H4,19,20,21)/t9-,11-,14-/m1/s1. The maximum atomic E-state index is 12.7. The van der Waals surface area contributed by atoms with Crippen LogP contribution in [0.2, 0.25) is 0 Å². The summed E-state index contributed by atoms with van der Waals surface area (Å²) in [7, 11) is 1.57. The Hall–Kier alpha value is -1.45. The van der Waals surface area contributed by atoms with E-state index in [4.69, 9.17) is 32.5 Å². The Morgan fingerprint density at radius 2 is 2.08 bits per heavy atom. The van der Waals surface area contributed by atoms with Gasteiger partial charge in [-0.15, -0.1) is 11.6 Å². The van der Waals surface area contributed by atoms with Crippen molar-refractivity contribution in [3.05, 3.63) is 32.4 Å². The van der Waals surface area contributed by atoms with E-state index in [0.29, 0.717) is 12.2 Å². The summed E-state index contributed by atoms with van der Waals surface area (Å²) in [4.78, 5) is 18.2. The van der Waals surface area contributed by atoms with E-state index >= 15 is 0 Å². The number of halogens is 3. The number of methoxy groups -OCH3 is 1. The van der Waals surface area contributed by atoms with Crippen LogP contribution in [0, 0.1) is 0 Å². The summed E-state index contributed by atoms with van der Waals surface area (Å²) in [6.45, 7) is 0. The first-order valence-corrected chi connectivity index (χ1v) is 9.31. The summed E-state index contributed by atoms with van der Waals surface area (Å²) in [5.41, 5.74) is 11.6. The third-order valence-corrected chi connectivity index (χ3v) is 5.43. The van der Waals surface area contributed by atoms with E-state index in [1.165, 1.54) is 4.90 Å². The second-order valence-electron chi connectivity index (χ2n) is 5.53. The molecule has 0 aromatic heterocycles. The zero-order valence-electron chi connectivity index (χ0n) is 13.1. The number of fused-ring (bicyclic) bond motifs is 1. The molecule has 0 radical (unpaired) electrons. The number of ether oxygens (including phenoxy) is 2. The molecule has 0 spiro atoms. The lowest BCUT2D eigenvalue weighted by atomic mass is 10.2. The first kappa shape index (κ1) is 18.3. The molecular weight excluding hydrogens is 479 g/mol. The quantitative estimate of drug-likeness (QED) is 0.291. The first-order valence-electron chi connectivity index (χ1n) is 7.28. The highest BCUT2D eigenvalue weighted by molar-refractivity contribution is 9.11. The van der Waals surface area contributed by atoms with Crippen molar-refractivity contribution < 1.29 is 14.3 Å². The molecule has 2 fully saturated rings. The lowest BCUT2D eigenvalue weighted by molar-refractivity contribution is -0.126. The van der Waals surface area contributed by atoms with Gasteiger partial charge in [0, 0.05) is 6.42 Å². The molecule has 0 aliphatic carbocycles. The van der Waals surface area contributed by atoms with Crippen molar-refractivity contribution >= 4 is 61.4 Å². The second-order valence-corrected chi connectivity index (χ2v) is 7.80. The Bertz CT molecular complexity index is 759. The lowest BCUT2D eigenvalue weighted by Gasteiger charge is -2.17. The fourth-order valence-electron chi connectivity index (χ4n) is 2.86. The Balaban J connectivity index is 1.92. The molecule has 7 nitrogen and oxygen atoms in total. The molecule has 0 unspecified atom stereocenters. The lowest BCUT2D eigenvalue weighted by Crippen LogP contribution is -2.37. The molecule has 1 amide bonds. The largest absolute Gasteiger partial charge is 0.494 e. The van der Waals surface area contributed by atoms with Gasteiger partial charge < -0.3 is 20.9 Å². The van der Waals surface area contributed by atoms with Crippen LogP contribution in [0.4, 0.5) is 0 Å². The molecule has 10 heteroatoms. The van der Waals surface area contributed by atoms with Gasteiger partial charge in [-0.25, -0.2) is 4.99 Å². The number of nitrogens with zero attached hydrogens (tertiary/aromatic N) is 2. The molecule has 2 heterocycles. The van der Waals surface area contributed by atoms with Crippen molar-refractivity contribution in [1.29, 1.82) is 0 Å². The van der Waals surface area contributed by atoms with Gasteiger partial charge in [-0.1, -0.05) is 0 Å². The monoisotopic (exact) mass is 492 g/mol. The molecule has 0 bridgehead atoms. The molecule has 2 aliphatic rings. The van der Waals surface area contributed by atoms with E-state index in [1.54, 1.807) is 13.2 Å². The van der Waals surface area contributed by atoms with Crippen LogP contribution in [0.25, 0.3) is 6.08 Å². The van der Waals surface area contributed by atoms with Crippen LogP contribution in [0.5, 0.6) is 5.75 Å². The van der Waals surface area contributed by atoms with Gasteiger partial charge in [-0.2, -0.15) is 0 Å². The van der Waals surface area contributed by atoms with Gasteiger partial charge in [0.05, 0.1) is 21.4 Å². The normalized spacial score (nSPS) is 26.6. The third kappa shape index (κ3) is 3.45. The van der Waals surface area contributed by atoms with Crippen molar-refractivity contribution in [2.45, 2.75) is 24.2 Å². The maximum absolute atomic E-state index is 12.7. The molecule has 4 N–H and O–H groups in total. The number of hydrogen-bond acceptors (Lipinski definition) is 4. The predicted molar refractivity (Wildman–Crippen MR) is 102 cm³/mol. The average Bonchev–Trinajstić information content (AvgIpc) is 2.98. The highest BCUT2D eigenvalue weighted by atomic mass is 79.9. The van der Waals surface area contributed by atoms with Crippen molar-refractivity contribution in [3.8, 4) is 5.75 Å². The summed E-state index contributed by atoms with van der Waals surface area (Å²) >= 11 is 13.1. The highest BCUT2D eigenvalue weighted by Gasteiger charge is 2.51. The predicted octanol–water partition coefficient (Wildman–Crippen LogP) is 2.36. The minimum atomic E-state index is -0.585. The van der Waals surface area contributed by atoms with Gasteiger partial charge in [0.2, 0.25) is 0 Å². The molecule has 1 aromatic rings. The number of carbonyl (C=O) groups is 1. The fraction of sp³-hybridized carbons (Fsp3) is 0.333. The average molecular weight is 495 g/mol. The molecule has 0 saturated carbocycles. The van der Waals surface area contributed by atoms with Gasteiger partial charge >= 0.3 is 0 Å². The van der Waals surface area contributed by atoms with Gasteiger partial charge in [-0.3, -0.25) is 9.69 Å². The summed E-state index contributed by atoms with van der Waals surface area (Å²) < 4.78 is 12.5. The number of amides is 1. The van der Waals surface area contributed by atoms with E-state index in [9.17, 15) is 4.79 Å². The van der Waals surface area contributed by atoms with Crippen LogP contribution in [0.15, 0.2) is 31.8 Å². The maximum Gasteiger partial charge on any atom is 0.293 e. The van der Waals surface area contributed by atoms with Crippen molar-refractivity contribution in [3.63, 3.8) is 0 Å². The molecule has 134 valence electrons. The summed E-state index contributed by atoms with van der Waals surface area (Å²) in [5, 5.41) is -0.391. The molecule has 25 heavy (non-hydrogen) atoms. The number of alkyl halides is 1. The highest BCUT2D eigenvalue weighted by Crippen LogP contribution is 2.39. The number of aliphatic imine (C=N–C) groups is 1. The molecule has 3 rings (SSSR count). The topological polar surface area (TPSA) is 103 Å². The minimum Gasteiger partial charge on any atom is -0.494 e. The number of hydrogen-bond donors (Lipinski definition) is 2. The van der Waals surface area contributed by atoms with E-state index in [2.05, 4.69) is 36.9 Å². The van der Waals surface area contributed by atoms with E-state index in [1.807, 2.05) is 12.1 Å². The minimum absolute atomic E-state index is 0.0947. The Kier molecular flexibility index (Phi) is 5.17. The second kappa shape index (κ2) is 7.05. The van der Waals surface area contributed by atoms with E-state index in [-0.39, 0.29) is 17.6 Å². The van der Waals surface area contributed by atoms with Crippen molar-refractivity contribution in [2.75, 3.05) is 7.11 Å².